The van der Waals surface area contributed by atoms with Crippen LogP contribution >= 0.6 is 23.2 Å². The summed E-state index contributed by atoms with van der Waals surface area (Å²) in [7, 11) is 0. The molecule has 0 unspecified atom stereocenters. The molecule has 46 heavy (non-hydrogen) atoms. The highest BCUT2D eigenvalue weighted by molar-refractivity contribution is 6.99. The van der Waals surface area contributed by atoms with Crippen molar-refractivity contribution in [3.63, 3.8) is 0 Å². The molecule has 0 N–H and O–H groups in total. The zero-order chi connectivity index (χ0) is 33.8. The first-order chi connectivity index (χ1) is 21.6. The second kappa shape index (κ2) is 13.1. The van der Waals surface area contributed by atoms with Crippen molar-refractivity contribution in [1.29, 1.82) is 0 Å². The molecule has 0 heterocycles. The number of halogens is 2. The minimum Gasteiger partial charge on any atom is -0.0838 e. The second-order valence-electron chi connectivity index (χ2n) is 13.9. The van der Waals surface area contributed by atoms with Crippen LogP contribution in [0, 0.1) is 83.1 Å². The highest BCUT2D eigenvalue weighted by Gasteiger charge is 2.33. The summed E-state index contributed by atoms with van der Waals surface area (Å²) in [6.07, 6.45) is 0. The number of hydrogen-bond donors (Lipinski definition) is 0. The zero-order valence-electron chi connectivity index (χ0n) is 29.7. The van der Waals surface area contributed by atoms with Gasteiger partial charge in [0.1, 0.15) is 0 Å². The molecular formula is C42H46B2Cl2. The Morgan fingerprint density at radius 3 is 1.02 bits per heavy atom. The van der Waals surface area contributed by atoms with E-state index in [-0.39, 0.29) is 13.4 Å². The fraction of sp³-hybridized carbons (Fsp3) is 0.286. The van der Waals surface area contributed by atoms with Crippen LogP contribution in [0.1, 0.15) is 66.8 Å². The second-order valence-corrected chi connectivity index (χ2v) is 14.6. The van der Waals surface area contributed by atoms with Crippen LogP contribution in [0.3, 0.4) is 0 Å². The topological polar surface area (TPSA) is 0 Å². The number of hydrogen-bond acceptors (Lipinski definition) is 0. The SMILES string of the molecule is Cc1cc(C)c(B(c2cccc(B(c3c(C)cc(C)c(Cl)c3C)c3c(C)cc(C)c(Cl)c3C)c2)c2c(C)cc(C)cc2C)c(C)c1. The Morgan fingerprint density at radius 2 is 0.674 bits per heavy atom. The Balaban J connectivity index is 1.88. The van der Waals surface area contributed by atoms with Gasteiger partial charge in [-0.15, -0.1) is 0 Å². The van der Waals surface area contributed by atoms with Crippen LogP contribution in [-0.2, 0) is 0 Å². The molecule has 0 radical (unpaired) electrons. The Labute approximate surface area is 288 Å². The third-order valence-corrected chi connectivity index (χ3v) is 11.2. The maximum Gasteiger partial charge on any atom is 0.242 e. The summed E-state index contributed by atoms with van der Waals surface area (Å²) < 4.78 is 0. The molecule has 0 atom stereocenters. The fourth-order valence-electron chi connectivity index (χ4n) is 8.41. The van der Waals surface area contributed by atoms with Gasteiger partial charge in [-0.1, -0.05) is 161 Å². The van der Waals surface area contributed by atoms with Crippen molar-refractivity contribution in [2.24, 2.45) is 0 Å². The summed E-state index contributed by atoms with van der Waals surface area (Å²) in [5.74, 6) is 0. The normalized spacial score (nSPS) is 11.3. The van der Waals surface area contributed by atoms with Crippen LogP contribution in [0.25, 0.3) is 0 Å². The standard InChI is InChI=1S/C42H46B2Cl2/c1-23-16-25(3)37(26(4)17-23)43(38-27(5)18-24(2)19-28(38)6)35-14-13-15-36(22-35)44(39-29(7)20-31(9)41(45)33(39)11)40-30(8)21-32(10)42(46)34(40)12/h13-22H,1-12H3. The summed E-state index contributed by atoms with van der Waals surface area (Å²) >= 11 is 14.0. The van der Waals surface area contributed by atoms with Crippen molar-refractivity contribution in [3.05, 3.63) is 137 Å². The summed E-state index contributed by atoms with van der Waals surface area (Å²) in [4.78, 5) is 0. The molecule has 0 spiro atoms. The highest BCUT2D eigenvalue weighted by atomic mass is 35.5. The lowest BCUT2D eigenvalue weighted by Gasteiger charge is -2.28. The van der Waals surface area contributed by atoms with Gasteiger partial charge in [0, 0.05) is 10.0 Å². The van der Waals surface area contributed by atoms with E-state index >= 15 is 0 Å². The first kappa shape index (κ1) is 34.2. The molecule has 234 valence electrons. The minimum absolute atomic E-state index is 0.0303. The third kappa shape index (κ3) is 6.12. The van der Waals surface area contributed by atoms with E-state index in [4.69, 9.17) is 23.2 Å². The molecule has 0 bridgehead atoms. The molecule has 5 aromatic rings. The smallest absolute Gasteiger partial charge is 0.0838 e. The van der Waals surface area contributed by atoms with Crippen molar-refractivity contribution in [2.45, 2.75) is 83.1 Å². The molecule has 0 saturated carbocycles. The summed E-state index contributed by atoms with van der Waals surface area (Å²) in [6, 6.07) is 23.2. The first-order valence-electron chi connectivity index (χ1n) is 16.4. The molecule has 0 fully saturated rings. The Hall–Kier alpha value is -3.19. The van der Waals surface area contributed by atoms with E-state index in [1.807, 2.05) is 0 Å². The van der Waals surface area contributed by atoms with Gasteiger partial charge >= 0.3 is 0 Å². The maximum atomic E-state index is 7.02. The van der Waals surface area contributed by atoms with Crippen LogP contribution in [-0.4, -0.2) is 13.4 Å². The van der Waals surface area contributed by atoms with E-state index in [9.17, 15) is 0 Å². The minimum atomic E-state index is -0.0303. The molecule has 0 aliphatic heterocycles. The molecule has 5 rings (SSSR count). The first-order valence-corrected chi connectivity index (χ1v) is 17.2. The lowest BCUT2D eigenvalue weighted by molar-refractivity contribution is 1.34. The molecule has 0 aromatic heterocycles. The third-order valence-electron chi connectivity index (χ3n) is 10.1. The maximum absolute atomic E-state index is 7.02. The molecule has 0 nitrogen and oxygen atoms in total. The van der Waals surface area contributed by atoms with Crippen molar-refractivity contribution < 1.29 is 0 Å². The molecule has 0 saturated heterocycles. The van der Waals surface area contributed by atoms with Gasteiger partial charge in [-0.2, -0.15) is 0 Å². The van der Waals surface area contributed by atoms with Crippen molar-refractivity contribution in [2.75, 3.05) is 0 Å². The monoisotopic (exact) mass is 642 g/mol. The lowest BCUT2D eigenvalue weighted by atomic mass is 9.31. The average Bonchev–Trinajstić information content (AvgIpc) is 2.96. The zero-order valence-corrected chi connectivity index (χ0v) is 31.2. The Morgan fingerprint density at radius 1 is 0.370 bits per heavy atom. The van der Waals surface area contributed by atoms with E-state index < -0.39 is 0 Å². The van der Waals surface area contributed by atoms with Crippen LogP contribution in [0.15, 0.2) is 60.7 Å². The number of aryl methyl sites for hydroxylation is 10. The van der Waals surface area contributed by atoms with E-state index in [0.717, 1.165) is 32.3 Å². The molecule has 4 heteroatoms. The molecular weight excluding hydrogens is 597 g/mol. The van der Waals surface area contributed by atoms with E-state index in [1.54, 1.807) is 0 Å². The molecule has 0 aliphatic rings. The van der Waals surface area contributed by atoms with Crippen LogP contribution in [0.2, 0.25) is 10.0 Å². The van der Waals surface area contributed by atoms with E-state index in [0.29, 0.717) is 0 Å². The molecule has 0 aliphatic carbocycles. The quantitative estimate of drug-likeness (QED) is 0.166. The van der Waals surface area contributed by atoms with Crippen LogP contribution < -0.4 is 32.8 Å². The largest absolute Gasteiger partial charge is 0.242 e. The lowest BCUT2D eigenvalue weighted by Crippen LogP contribution is -2.59. The van der Waals surface area contributed by atoms with Crippen molar-refractivity contribution in [1.82, 2.24) is 0 Å². The van der Waals surface area contributed by atoms with Gasteiger partial charge in [0.2, 0.25) is 13.4 Å². The number of rotatable bonds is 6. The van der Waals surface area contributed by atoms with Crippen LogP contribution in [0.5, 0.6) is 0 Å². The van der Waals surface area contributed by atoms with Gasteiger partial charge < -0.3 is 0 Å². The molecule has 5 aromatic carbocycles. The predicted molar refractivity (Wildman–Crippen MR) is 208 cm³/mol. The Kier molecular flexibility index (Phi) is 9.75. The van der Waals surface area contributed by atoms with Gasteiger partial charge in [-0.25, -0.2) is 0 Å². The fourth-order valence-corrected chi connectivity index (χ4v) is 8.72. The summed E-state index contributed by atoms with van der Waals surface area (Å²) in [5, 5.41) is 1.68. The average molecular weight is 643 g/mol. The van der Waals surface area contributed by atoms with Gasteiger partial charge in [0.25, 0.3) is 0 Å². The predicted octanol–water partition coefficient (Wildman–Crippen LogP) is 7.73. The van der Waals surface area contributed by atoms with Gasteiger partial charge in [0.05, 0.1) is 0 Å². The molecule has 0 amide bonds. The number of benzene rings is 5. The van der Waals surface area contributed by atoms with Crippen molar-refractivity contribution >= 4 is 69.4 Å². The van der Waals surface area contributed by atoms with Crippen molar-refractivity contribution in [3.8, 4) is 0 Å². The van der Waals surface area contributed by atoms with Crippen LogP contribution in [0.4, 0.5) is 0 Å². The Bertz CT molecular complexity index is 1840. The highest BCUT2D eigenvalue weighted by Crippen LogP contribution is 2.24. The van der Waals surface area contributed by atoms with Gasteiger partial charge in [0.15, 0.2) is 0 Å². The van der Waals surface area contributed by atoms with Gasteiger partial charge in [-0.05, 0) is 105 Å². The van der Waals surface area contributed by atoms with E-state index in [1.165, 1.54) is 77.3 Å². The van der Waals surface area contributed by atoms with Gasteiger partial charge in [-0.3, -0.25) is 0 Å². The summed E-state index contributed by atoms with van der Waals surface area (Å²) in [5.41, 5.74) is 22.8. The summed E-state index contributed by atoms with van der Waals surface area (Å²) in [6.45, 7) is 26.6. The van der Waals surface area contributed by atoms with E-state index in [2.05, 4.69) is 144 Å².